The van der Waals surface area contributed by atoms with Crippen LogP contribution >= 0.6 is 11.6 Å². The van der Waals surface area contributed by atoms with Gasteiger partial charge in [-0.1, -0.05) is 23.7 Å². The van der Waals surface area contributed by atoms with Crippen LogP contribution in [0.3, 0.4) is 0 Å². The van der Waals surface area contributed by atoms with Crippen molar-refractivity contribution < 1.29 is 14.3 Å². The van der Waals surface area contributed by atoms with E-state index in [2.05, 4.69) is 5.32 Å². The van der Waals surface area contributed by atoms with Crippen molar-refractivity contribution in [2.75, 3.05) is 11.9 Å². The van der Waals surface area contributed by atoms with Gasteiger partial charge < -0.3 is 10.1 Å². The summed E-state index contributed by atoms with van der Waals surface area (Å²) in [6.07, 6.45) is 0. The number of hydrogen-bond donors (Lipinski definition) is 1. The number of hydrogen-bond acceptors (Lipinski definition) is 4. The topological polar surface area (TPSA) is 79.2 Å². The van der Waals surface area contributed by atoms with E-state index in [0.29, 0.717) is 27.6 Å². The van der Waals surface area contributed by atoms with E-state index in [9.17, 15) is 9.59 Å². The van der Waals surface area contributed by atoms with Crippen molar-refractivity contribution in [2.24, 2.45) is 0 Å². The molecule has 23 heavy (non-hydrogen) atoms. The van der Waals surface area contributed by atoms with Gasteiger partial charge in [0.25, 0.3) is 5.91 Å². The molecule has 0 aliphatic rings. The van der Waals surface area contributed by atoms with Crippen LogP contribution < -0.4 is 10.1 Å². The second-order valence-electron chi connectivity index (χ2n) is 4.69. The number of rotatable bonds is 5. The zero-order valence-electron chi connectivity index (χ0n) is 12.3. The van der Waals surface area contributed by atoms with Crippen molar-refractivity contribution in [3.8, 4) is 11.8 Å². The number of amides is 1. The van der Waals surface area contributed by atoms with Crippen molar-refractivity contribution in [3.05, 3.63) is 58.6 Å². The van der Waals surface area contributed by atoms with Gasteiger partial charge in [0.1, 0.15) is 11.8 Å². The smallest absolute Gasteiger partial charge is 0.262 e. The van der Waals surface area contributed by atoms with Gasteiger partial charge >= 0.3 is 0 Å². The van der Waals surface area contributed by atoms with Crippen LogP contribution in [0.2, 0.25) is 5.02 Å². The highest BCUT2D eigenvalue weighted by Crippen LogP contribution is 2.21. The van der Waals surface area contributed by atoms with E-state index in [0.717, 1.165) is 0 Å². The maximum Gasteiger partial charge on any atom is 0.262 e. The normalized spacial score (nSPS) is 9.78. The molecule has 5 nitrogen and oxygen atoms in total. The fraction of sp³-hybridized carbons (Fsp3) is 0.118. The third-order valence-corrected chi connectivity index (χ3v) is 3.24. The van der Waals surface area contributed by atoms with Crippen LogP contribution in [0.25, 0.3) is 0 Å². The first-order valence-electron chi connectivity index (χ1n) is 6.73. The molecule has 0 radical (unpaired) electrons. The number of benzene rings is 2. The maximum absolute atomic E-state index is 12.0. The average molecular weight is 329 g/mol. The van der Waals surface area contributed by atoms with Gasteiger partial charge in [0.15, 0.2) is 12.4 Å². The molecule has 2 rings (SSSR count). The third kappa shape index (κ3) is 4.31. The largest absolute Gasteiger partial charge is 0.483 e. The molecule has 0 fully saturated rings. The van der Waals surface area contributed by atoms with Crippen molar-refractivity contribution in [1.82, 2.24) is 0 Å². The van der Waals surface area contributed by atoms with Crippen molar-refractivity contribution in [2.45, 2.75) is 6.92 Å². The van der Waals surface area contributed by atoms with Gasteiger partial charge in [-0.3, -0.25) is 9.59 Å². The first-order chi connectivity index (χ1) is 11.0. The Balaban J connectivity index is 2.06. The Morgan fingerprint density at radius 2 is 2.00 bits per heavy atom. The minimum Gasteiger partial charge on any atom is -0.483 e. The second-order valence-corrected chi connectivity index (χ2v) is 5.13. The average Bonchev–Trinajstić information content (AvgIpc) is 2.53. The van der Waals surface area contributed by atoms with Gasteiger partial charge in [-0.25, -0.2) is 0 Å². The summed E-state index contributed by atoms with van der Waals surface area (Å²) >= 11 is 5.86. The minimum atomic E-state index is -0.456. The number of nitrogens with zero attached hydrogens (tertiary/aromatic N) is 1. The molecule has 0 aliphatic heterocycles. The highest BCUT2D eigenvalue weighted by atomic mass is 35.5. The van der Waals surface area contributed by atoms with Crippen LogP contribution in [-0.2, 0) is 4.79 Å². The zero-order valence-corrected chi connectivity index (χ0v) is 13.1. The van der Waals surface area contributed by atoms with Crippen LogP contribution in [0.4, 0.5) is 5.69 Å². The maximum atomic E-state index is 12.0. The van der Waals surface area contributed by atoms with Crippen LogP contribution in [0.5, 0.6) is 5.75 Å². The van der Waals surface area contributed by atoms with Crippen molar-refractivity contribution in [1.29, 1.82) is 5.26 Å². The van der Waals surface area contributed by atoms with Gasteiger partial charge in [0, 0.05) is 5.02 Å². The molecule has 1 amide bonds. The summed E-state index contributed by atoms with van der Waals surface area (Å²) in [5.41, 5.74) is 1.01. The van der Waals surface area contributed by atoms with Gasteiger partial charge in [0.05, 0.1) is 16.8 Å². The summed E-state index contributed by atoms with van der Waals surface area (Å²) < 4.78 is 5.39. The Hall–Kier alpha value is -2.84. The molecule has 0 heterocycles. The van der Waals surface area contributed by atoms with Crippen molar-refractivity contribution >= 4 is 29.0 Å². The number of Topliss-reactive ketones (excluding diaryl/α,β-unsaturated/α-hetero) is 1. The summed E-state index contributed by atoms with van der Waals surface area (Å²) in [7, 11) is 0. The Bertz CT molecular complexity index is 797. The van der Waals surface area contributed by atoms with E-state index in [1.54, 1.807) is 30.3 Å². The molecular formula is C17H13ClN2O3. The zero-order chi connectivity index (χ0) is 16.8. The number of ether oxygens (including phenoxy) is 1. The standard InChI is InChI=1S/C17H13ClN2O3/c1-11(21)14-4-2-3-5-16(14)23-10-17(22)20-15-8-13(18)7-6-12(15)9-19/h2-8H,10H2,1H3,(H,20,22). The number of nitriles is 1. The molecule has 1 N–H and O–H groups in total. The number of carbonyl (C=O) groups is 2. The van der Waals surface area contributed by atoms with Gasteiger partial charge in [-0.15, -0.1) is 0 Å². The summed E-state index contributed by atoms with van der Waals surface area (Å²) in [5, 5.41) is 12.0. The highest BCUT2D eigenvalue weighted by molar-refractivity contribution is 6.31. The Kier molecular flexibility index (Phi) is 5.34. The summed E-state index contributed by atoms with van der Waals surface area (Å²) in [6, 6.07) is 13.2. The molecule has 0 unspecified atom stereocenters. The van der Waals surface area contributed by atoms with Gasteiger partial charge in [-0.05, 0) is 37.3 Å². The lowest BCUT2D eigenvalue weighted by Gasteiger charge is -2.11. The van der Waals surface area contributed by atoms with Crippen LogP contribution in [-0.4, -0.2) is 18.3 Å². The molecule has 0 aromatic heterocycles. The lowest BCUT2D eigenvalue weighted by atomic mass is 10.1. The monoisotopic (exact) mass is 328 g/mol. The predicted octanol–water partition coefficient (Wildman–Crippen LogP) is 3.43. The quantitative estimate of drug-likeness (QED) is 0.853. The van der Waals surface area contributed by atoms with E-state index in [-0.39, 0.29) is 12.4 Å². The third-order valence-electron chi connectivity index (χ3n) is 3.00. The Morgan fingerprint density at radius 1 is 1.26 bits per heavy atom. The van der Waals surface area contributed by atoms with Crippen molar-refractivity contribution in [3.63, 3.8) is 0 Å². The summed E-state index contributed by atoms with van der Waals surface area (Å²) in [6.45, 7) is 1.13. The van der Waals surface area contributed by atoms with Crippen LogP contribution in [0, 0.1) is 11.3 Å². The molecule has 6 heteroatoms. The SMILES string of the molecule is CC(=O)c1ccccc1OCC(=O)Nc1cc(Cl)ccc1C#N. The number of ketones is 1. The van der Waals surface area contributed by atoms with E-state index in [1.807, 2.05) is 6.07 Å². The first kappa shape index (κ1) is 16.5. The molecule has 2 aromatic carbocycles. The summed E-state index contributed by atoms with van der Waals surface area (Å²) in [4.78, 5) is 23.5. The van der Waals surface area contributed by atoms with E-state index in [1.165, 1.54) is 19.1 Å². The molecule has 2 aromatic rings. The Morgan fingerprint density at radius 3 is 2.70 bits per heavy atom. The second kappa shape index (κ2) is 7.43. The number of para-hydroxylation sites is 1. The van der Waals surface area contributed by atoms with E-state index >= 15 is 0 Å². The molecule has 0 saturated carbocycles. The van der Waals surface area contributed by atoms with Crippen LogP contribution in [0.1, 0.15) is 22.8 Å². The number of halogens is 1. The van der Waals surface area contributed by atoms with E-state index in [4.69, 9.17) is 21.6 Å². The number of anilines is 1. The fourth-order valence-electron chi connectivity index (χ4n) is 1.93. The molecular weight excluding hydrogens is 316 g/mol. The number of nitrogens with one attached hydrogen (secondary N) is 1. The first-order valence-corrected chi connectivity index (χ1v) is 7.11. The molecule has 0 bridgehead atoms. The lowest BCUT2D eigenvalue weighted by molar-refractivity contribution is -0.118. The molecule has 116 valence electrons. The van der Waals surface area contributed by atoms with E-state index < -0.39 is 5.91 Å². The molecule has 0 aliphatic carbocycles. The fourth-order valence-corrected chi connectivity index (χ4v) is 2.10. The minimum absolute atomic E-state index is 0.150. The van der Waals surface area contributed by atoms with Gasteiger partial charge in [-0.2, -0.15) is 5.26 Å². The molecule has 0 saturated heterocycles. The summed E-state index contributed by atoms with van der Waals surface area (Å²) in [5.74, 6) is -0.272. The highest BCUT2D eigenvalue weighted by Gasteiger charge is 2.11. The van der Waals surface area contributed by atoms with Gasteiger partial charge in [0.2, 0.25) is 0 Å². The number of carbonyl (C=O) groups excluding carboxylic acids is 2. The molecule has 0 atom stereocenters. The molecule has 0 spiro atoms. The Labute approximate surface area is 138 Å². The van der Waals surface area contributed by atoms with Crippen LogP contribution in [0.15, 0.2) is 42.5 Å². The predicted molar refractivity (Wildman–Crippen MR) is 86.7 cm³/mol. The lowest BCUT2D eigenvalue weighted by Crippen LogP contribution is -2.21.